The molecular weight excluding hydrogens is 404 g/mol. The Hall–Kier alpha value is -3.20. The maximum absolute atomic E-state index is 9.26. The first kappa shape index (κ1) is 24.1. The van der Waals surface area contributed by atoms with E-state index in [0.29, 0.717) is 13.2 Å². The lowest BCUT2D eigenvalue weighted by Crippen LogP contribution is -2.40. The van der Waals surface area contributed by atoms with Gasteiger partial charge >= 0.3 is 0 Å². The van der Waals surface area contributed by atoms with E-state index in [2.05, 4.69) is 20.1 Å². The molecule has 11 nitrogen and oxygen atoms in total. The lowest BCUT2D eigenvalue weighted by atomic mass is 9.96. The summed E-state index contributed by atoms with van der Waals surface area (Å²) in [6.45, 7) is 2.66. The highest BCUT2D eigenvalue weighted by Gasteiger charge is 2.30. The maximum Gasteiger partial charge on any atom is 0.132 e. The molecule has 0 bridgehead atoms. The molecule has 11 heteroatoms. The van der Waals surface area contributed by atoms with Gasteiger partial charge in [0.05, 0.1) is 44.5 Å². The van der Waals surface area contributed by atoms with Gasteiger partial charge in [-0.3, -0.25) is 0 Å². The summed E-state index contributed by atoms with van der Waals surface area (Å²) in [6, 6.07) is 8.98. The molecule has 31 heavy (non-hydrogen) atoms. The minimum absolute atomic E-state index is 0.162. The standard InChI is InChI=1S/C14H17N3O2.C6H9N3O3/c1-11-7-8-19-13(14(11)16-17-15)10-18-9-12-5-3-2-4-6-12;7-9-8-6-4(11)1-2-12-5(6)3-10/h2-8,11,13-14H,9-10H2,1H3;1-2,4-6,10-11H,3H2/t11-,13?,14-;4-,5?,6-/m11/s1. The quantitative estimate of drug-likeness (QED) is 0.384. The van der Waals surface area contributed by atoms with Crippen molar-refractivity contribution in [3.8, 4) is 0 Å². The molecule has 0 fully saturated rings. The molecule has 0 saturated carbocycles. The Balaban J connectivity index is 0.000000245. The molecule has 2 heterocycles. The second-order valence-electron chi connectivity index (χ2n) is 6.93. The lowest BCUT2D eigenvalue weighted by Gasteiger charge is -2.29. The van der Waals surface area contributed by atoms with Crippen molar-refractivity contribution in [2.45, 2.75) is 43.9 Å². The van der Waals surface area contributed by atoms with Gasteiger partial charge in [-0.1, -0.05) is 47.5 Å². The highest BCUT2D eigenvalue weighted by atomic mass is 16.5. The van der Waals surface area contributed by atoms with Crippen LogP contribution in [0.25, 0.3) is 20.9 Å². The van der Waals surface area contributed by atoms with E-state index in [-0.39, 0.29) is 24.7 Å². The Kier molecular flexibility index (Phi) is 10.2. The van der Waals surface area contributed by atoms with E-state index >= 15 is 0 Å². The molecule has 1 aromatic carbocycles. The van der Waals surface area contributed by atoms with E-state index in [1.807, 2.05) is 43.3 Å². The van der Waals surface area contributed by atoms with E-state index in [1.54, 1.807) is 6.26 Å². The van der Waals surface area contributed by atoms with Crippen molar-refractivity contribution >= 4 is 0 Å². The second-order valence-corrected chi connectivity index (χ2v) is 6.93. The maximum atomic E-state index is 9.26. The molecule has 0 aliphatic carbocycles. The predicted molar refractivity (Wildman–Crippen MR) is 112 cm³/mol. The molecule has 2 aliphatic heterocycles. The van der Waals surface area contributed by atoms with E-state index in [4.69, 9.17) is 30.4 Å². The van der Waals surface area contributed by atoms with Crippen molar-refractivity contribution in [1.29, 1.82) is 0 Å². The smallest absolute Gasteiger partial charge is 0.132 e. The van der Waals surface area contributed by atoms with Crippen LogP contribution in [0.3, 0.4) is 0 Å². The molecule has 166 valence electrons. The SMILES string of the molecule is C[C@@H]1C=COC(COCc2ccccc2)[C@@H]1N=[N+]=[N-].[N-]=[N+]=N[C@H]1C(CO)OC=C[C@H]1O. The molecule has 3 rings (SSSR count). The van der Waals surface area contributed by atoms with Crippen LogP contribution in [0.15, 0.2) is 65.2 Å². The fourth-order valence-electron chi connectivity index (χ4n) is 3.04. The molecule has 1 aromatic rings. The summed E-state index contributed by atoms with van der Waals surface area (Å²) in [6.07, 6.45) is 4.45. The normalized spacial score (nSPS) is 28.6. The van der Waals surface area contributed by atoms with Gasteiger partial charge in [0.1, 0.15) is 18.2 Å². The van der Waals surface area contributed by atoms with Crippen LogP contribution < -0.4 is 0 Å². The van der Waals surface area contributed by atoms with E-state index < -0.39 is 18.2 Å². The molecule has 0 aromatic heterocycles. The lowest BCUT2D eigenvalue weighted by molar-refractivity contribution is -0.00646. The zero-order valence-corrected chi connectivity index (χ0v) is 17.1. The van der Waals surface area contributed by atoms with Gasteiger partial charge in [0, 0.05) is 9.82 Å². The molecule has 2 N–H and O–H groups in total. The van der Waals surface area contributed by atoms with Gasteiger partial charge in [0.2, 0.25) is 0 Å². The number of aliphatic hydroxyl groups excluding tert-OH is 2. The van der Waals surface area contributed by atoms with Crippen LogP contribution in [0.4, 0.5) is 0 Å². The highest BCUT2D eigenvalue weighted by Crippen LogP contribution is 2.22. The Morgan fingerprint density at radius 3 is 2.32 bits per heavy atom. The second kappa shape index (κ2) is 13.2. The largest absolute Gasteiger partial charge is 0.495 e. The van der Waals surface area contributed by atoms with Crippen LogP contribution in [0, 0.1) is 5.92 Å². The van der Waals surface area contributed by atoms with Crippen LogP contribution in [0.5, 0.6) is 0 Å². The molecule has 0 amide bonds. The first-order chi connectivity index (χ1) is 15.1. The van der Waals surface area contributed by atoms with Crippen molar-refractivity contribution in [3.05, 3.63) is 81.5 Å². The van der Waals surface area contributed by atoms with Crippen molar-refractivity contribution in [1.82, 2.24) is 0 Å². The van der Waals surface area contributed by atoms with Gasteiger partial charge in [-0.05, 0) is 34.7 Å². The minimum Gasteiger partial charge on any atom is -0.495 e. The number of nitrogens with zero attached hydrogens (tertiary/aromatic N) is 6. The summed E-state index contributed by atoms with van der Waals surface area (Å²) >= 11 is 0. The van der Waals surface area contributed by atoms with Gasteiger partial charge in [0.15, 0.2) is 0 Å². The first-order valence-corrected chi connectivity index (χ1v) is 9.74. The number of ether oxygens (including phenoxy) is 3. The van der Waals surface area contributed by atoms with Crippen molar-refractivity contribution in [2.75, 3.05) is 13.2 Å². The monoisotopic (exact) mass is 430 g/mol. The topological polar surface area (TPSA) is 166 Å². The summed E-state index contributed by atoms with van der Waals surface area (Å²) in [4.78, 5) is 5.43. The summed E-state index contributed by atoms with van der Waals surface area (Å²) in [5.41, 5.74) is 17.8. The van der Waals surface area contributed by atoms with Crippen molar-refractivity contribution in [3.63, 3.8) is 0 Å². The number of hydrogen-bond donors (Lipinski definition) is 2. The summed E-state index contributed by atoms with van der Waals surface area (Å²) in [5, 5.41) is 25.1. The van der Waals surface area contributed by atoms with Gasteiger partial charge in [0.25, 0.3) is 0 Å². The van der Waals surface area contributed by atoms with Crippen LogP contribution in [-0.2, 0) is 20.8 Å². The Labute approximate surface area is 179 Å². The Bertz CT molecular complexity index is 823. The van der Waals surface area contributed by atoms with Crippen LogP contribution in [0.2, 0.25) is 0 Å². The zero-order valence-electron chi connectivity index (χ0n) is 17.1. The Morgan fingerprint density at radius 1 is 1.00 bits per heavy atom. The number of aliphatic hydroxyl groups is 2. The minimum atomic E-state index is -0.883. The molecule has 0 spiro atoms. The van der Waals surface area contributed by atoms with Crippen LogP contribution in [0.1, 0.15) is 12.5 Å². The number of benzene rings is 1. The molecule has 0 radical (unpaired) electrons. The van der Waals surface area contributed by atoms with E-state index in [9.17, 15) is 5.11 Å². The predicted octanol–water partition coefficient (Wildman–Crippen LogP) is 3.36. The molecule has 0 saturated heterocycles. The number of rotatable bonds is 7. The van der Waals surface area contributed by atoms with E-state index in [0.717, 1.165) is 5.56 Å². The third-order valence-corrected chi connectivity index (χ3v) is 4.76. The molecule has 2 unspecified atom stereocenters. The van der Waals surface area contributed by atoms with Crippen molar-refractivity contribution < 1.29 is 24.4 Å². The molecular formula is C20H26N6O5. The summed E-state index contributed by atoms with van der Waals surface area (Å²) in [5.74, 6) is 0.162. The van der Waals surface area contributed by atoms with Gasteiger partial charge in [-0.25, -0.2) is 0 Å². The summed E-state index contributed by atoms with van der Waals surface area (Å²) < 4.78 is 16.0. The zero-order chi connectivity index (χ0) is 22.5. The Morgan fingerprint density at radius 2 is 1.65 bits per heavy atom. The molecule has 6 atom stereocenters. The third-order valence-electron chi connectivity index (χ3n) is 4.76. The van der Waals surface area contributed by atoms with Gasteiger partial charge in [-0.15, -0.1) is 0 Å². The fraction of sp³-hybridized carbons (Fsp3) is 0.500. The third kappa shape index (κ3) is 7.53. The molecule has 2 aliphatic rings. The summed E-state index contributed by atoms with van der Waals surface area (Å²) in [7, 11) is 0. The first-order valence-electron chi connectivity index (χ1n) is 9.74. The van der Waals surface area contributed by atoms with Gasteiger partial charge < -0.3 is 24.4 Å². The van der Waals surface area contributed by atoms with Crippen LogP contribution >= 0.6 is 0 Å². The fourth-order valence-corrected chi connectivity index (χ4v) is 3.04. The van der Waals surface area contributed by atoms with Crippen LogP contribution in [-0.4, -0.2) is 53.8 Å². The highest BCUT2D eigenvalue weighted by molar-refractivity contribution is 5.13. The number of azide groups is 2. The van der Waals surface area contributed by atoms with E-state index in [1.165, 1.54) is 12.3 Å². The van der Waals surface area contributed by atoms with Crippen molar-refractivity contribution in [2.24, 2.45) is 16.1 Å². The average molecular weight is 430 g/mol. The average Bonchev–Trinajstić information content (AvgIpc) is 2.79. The number of hydrogen-bond acceptors (Lipinski definition) is 7. The van der Waals surface area contributed by atoms with Gasteiger partial charge in [-0.2, -0.15) is 0 Å².